The van der Waals surface area contributed by atoms with Gasteiger partial charge in [-0.15, -0.1) is 0 Å². The van der Waals surface area contributed by atoms with E-state index >= 15 is 0 Å². The lowest BCUT2D eigenvalue weighted by Crippen LogP contribution is -2.23. The molecule has 1 aromatic rings. The molecule has 0 aliphatic rings. The molecule has 0 saturated carbocycles. The summed E-state index contributed by atoms with van der Waals surface area (Å²) in [5, 5.41) is 9.37. The topological polar surface area (TPSA) is 49.5 Å². The zero-order chi connectivity index (χ0) is 10.7. The molecule has 0 aromatic heterocycles. The van der Waals surface area contributed by atoms with Crippen LogP contribution in [0.3, 0.4) is 0 Å². The van der Waals surface area contributed by atoms with E-state index in [1.807, 2.05) is 43.3 Å². The molecule has 3 heteroatoms. The Kier molecular flexibility index (Phi) is 3.49. The first kappa shape index (κ1) is 11.0. The first-order valence-corrected chi connectivity index (χ1v) is 4.73. The molecule has 78 valence electrons. The second kappa shape index (κ2) is 4.44. The van der Waals surface area contributed by atoms with Gasteiger partial charge in [-0.2, -0.15) is 0 Å². The van der Waals surface area contributed by atoms with Crippen molar-refractivity contribution in [2.75, 3.05) is 19.0 Å². The lowest BCUT2D eigenvalue weighted by Gasteiger charge is -2.18. The van der Waals surface area contributed by atoms with Crippen LogP contribution in [0, 0.1) is 0 Å². The third kappa shape index (κ3) is 2.47. The molecular weight excluding hydrogens is 176 g/mol. The Labute approximate surface area is 85.2 Å². The molecule has 0 spiro atoms. The van der Waals surface area contributed by atoms with Crippen molar-refractivity contribution in [3.8, 4) is 0 Å². The fraction of sp³-hybridized carbons (Fsp3) is 0.455. The van der Waals surface area contributed by atoms with Crippen LogP contribution in [-0.4, -0.2) is 25.3 Å². The molecule has 3 nitrogen and oxygen atoms in total. The molecule has 1 aromatic carbocycles. The van der Waals surface area contributed by atoms with Crippen LogP contribution in [0.5, 0.6) is 0 Å². The van der Waals surface area contributed by atoms with E-state index in [0.717, 1.165) is 11.3 Å². The van der Waals surface area contributed by atoms with Crippen LogP contribution < -0.4 is 10.6 Å². The van der Waals surface area contributed by atoms with Gasteiger partial charge < -0.3 is 15.7 Å². The normalized spacial score (nSPS) is 14.9. The molecule has 1 rings (SSSR count). The molecule has 0 aliphatic carbocycles. The van der Waals surface area contributed by atoms with Crippen LogP contribution in [0.15, 0.2) is 24.3 Å². The van der Waals surface area contributed by atoms with Crippen LogP contribution >= 0.6 is 0 Å². The van der Waals surface area contributed by atoms with Crippen LogP contribution in [0.4, 0.5) is 5.69 Å². The van der Waals surface area contributed by atoms with Crippen LogP contribution in [-0.2, 0) is 0 Å². The van der Waals surface area contributed by atoms with Gasteiger partial charge in [-0.05, 0) is 24.6 Å². The van der Waals surface area contributed by atoms with Crippen LogP contribution in [0.25, 0.3) is 0 Å². The summed E-state index contributed by atoms with van der Waals surface area (Å²) < 4.78 is 0. The van der Waals surface area contributed by atoms with E-state index < -0.39 is 6.10 Å². The van der Waals surface area contributed by atoms with Crippen molar-refractivity contribution in [1.29, 1.82) is 0 Å². The van der Waals surface area contributed by atoms with Gasteiger partial charge in [0, 0.05) is 19.8 Å². The van der Waals surface area contributed by atoms with Crippen molar-refractivity contribution in [3.05, 3.63) is 29.8 Å². The van der Waals surface area contributed by atoms with Gasteiger partial charge in [-0.3, -0.25) is 0 Å². The third-order valence-corrected chi connectivity index (χ3v) is 2.29. The molecule has 3 N–H and O–H groups in total. The van der Waals surface area contributed by atoms with E-state index in [9.17, 15) is 5.11 Å². The summed E-state index contributed by atoms with van der Waals surface area (Å²) in [6.45, 7) is 1.70. The molecule has 0 bridgehead atoms. The lowest BCUT2D eigenvalue weighted by molar-refractivity contribution is 0.164. The van der Waals surface area contributed by atoms with Crippen molar-refractivity contribution in [1.82, 2.24) is 0 Å². The highest BCUT2D eigenvalue weighted by Crippen LogP contribution is 2.19. The Morgan fingerprint density at radius 2 is 2.00 bits per heavy atom. The fourth-order valence-corrected chi connectivity index (χ4v) is 1.29. The molecule has 14 heavy (non-hydrogen) atoms. The molecular formula is C11H18N2O. The molecule has 0 aliphatic heterocycles. The fourth-order valence-electron chi connectivity index (χ4n) is 1.29. The Hall–Kier alpha value is -1.06. The first-order valence-electron chi connectivity index (χ1n) is 4.73. The highest BCUT2D eigenvalue weighted by molar-refractivity contribution is 5.47. The number of hydrogen-bond acceptors (Lipinski definition) is 3. The standard InChI is InChI=1S/C11H18N2O/c1-8(14)11(12)9-5-4-6-10(7-9)13(2)3/h4-8,11,14H,12H2,1-3H3/t8-,11+/m1/s1. The average molecular weight is 194 g/mol. The van der Waals surface area contributed by atoms with E-state index in [1.165, 1.54) is 0 Å². The highest BCUT2D eigenvalue weighted by Gasteiger charge is 2.12. The van der Waals surface area contributed by atoms with Crippen molar-refractivity contribution in [2.24, 2.45) is 5.73 Å². The predicted octanol–water partition coefficient (Wildman–Crippen LogP) is 1.13. The maximum atomic E-state index is 9.37. The molecule has 0 radical (unpaired) electrons. The van der Waals surface area contributed by atoms with E-state index in [-0.39, 0.29) is 6.04 Å². The maximum Gasteiger partial charge on any atom is 0.0704 e. The monoisotopic (exact) mass is 194 g/mol. The number of aliphatic hydroxyl groups is 1. The zero-order valence-electron chi connectivity index (χ0n) is 8.94. The second-order valence-electron chi connectivity index (χ2n) is 3.76. The highest BCUT2D eigenvalue weighted by atomic mass is 16.3. The molecule has 2 atom stereocenters. The third-order valence-electron chi connectivity index (χ3n) is 2.29. The Morgan fingerprint density at radius 1 is 1.36 bits per heavy atom. The quantitative estimate of drug-likeness (QED) is 0.758. The summed E-state index contributed by atoms with van der Waals surface area (Å²) >= 11 is 0. The number of nitrogens with zero attached hydrogens (tertiary/aromatic N) is 1. The number of rotatable bonds is 3. The summed E-state index contributed by atoms with van der Waals surface area (Å²) in [6, 6.07) is 7.59. The van der Waals surface area contributed by atoms with Gasteiger partial charge in [-0.1, -0.05) is 12.1 Å². The van der Waals surface area contributed by atoms with Gasteiger partial charge in [0.15, 0.2) is 0 Å². The van der Waals surface area contributed by atoms with Crippen LogP contribution in [0.1, 0.15) is 18.5 Å². The van der Waals surface area contributed by atoms with Gasteiger partial charge in [0.2, 0.25) is 0 Å². The van der Waals surface area contributed by atoms with Crippen LogP contribution in [0.2, 0.25) is 0 Å². The minimum atomic E-state index is -0.521. The Bertz CT molecular complexity index is 297. The average Bonchev–Trinajstić information content (AvgIpc) is 2.16. The van der Waals surface area contributed by atoms with Crippen molar-refractivity contribution in [2.45, 2.75) is 19.1 Å². The van der Waals surface area contributed by atoms with E-state index in [1.54, 1.807) is 6.92 Å². The lowest BCUT2D eigenvalue weighted by atomic mass is 10.0. The first-order chi connectivity index (χ1) is 6.52. The largest absolute Gasteiger partial charge is 0.391 e. The zero-order valence-corrected chi connectivity index (χ0v) is 8.94. The van der Waals surface area contributed by atoms with Crippen molar-refractivity contribution < 1.29 is 5.11 Å². The van der Waals surface area contributed by atoms with Crippen molar-refractivity contribution >= 4 is 5.69 Å². The van der Waals surface area contributed by atoms with E-state index in [4.69, 9.17) is 5.73 Å². The Morgan fingerprint density at radius 3 is 2.50 bits per heavy atom. The van der Waals surface area contributed by atoms with Gasteiger partial charge in [0.25, 0.3) is 0 Å². The summed E-state index contributed by atoms with van der Waals surface area (Å²) in [5.41, 5.74) is 7.90. The number of hydrogen-bond donors (Lipinski definition) is 2. The minimum Gasteiger partial charge on any atom is -0.391 e. The number of aliphatic hydroxyl groups excluding tert-OH is 1. The van der Waals surface area contributed by atoms with Gasteiger partial charge >= 0.3 is 0 Å². The van der Waals surface area contributed by atoms with E-state index in [0.29, 0.717) is 0 Å². The number of benzene rings is 1. The molecule has 0 saturated heterocycles. The summed E-state index contributed by atoms with van der Waals surface area (Å²) in [4.78, 5) is 2.01. The SMILES string of the molecule is C[C@@H](O)[C@H](N)c1cccc(N(C)C)c1. The number of anilines is 1. The van der Waals surface area contributed by atoms with Gasteiger partial charge in [0.05, 0.1) is 12.1 Å². The summed E-state index contributed by atoms with van der Waals surface area (Å²) in [5.74, 6) is 0. The van der Waals surface area contributed by atoms with Gasteiger partial charge in [-0.25, -0.2) is 0 Å². The van der Waals surface area contributed by atoms with E-state index in [2.05, 4.69) is 0 Å². The second-order valence-corrected chi connectivity index (χ2v) is 3.76. The van der Waals surface area contributed by atoms with Crippen molar-refractivity contribution in [3.63, 3.8) is 0 Å². The molecule has 0 fully saturated rings. The molecule has 0 heterocycles. The summed E-state index contributed by atoms with van der Waals surface area (Å²) in [7, 11) is 3.96. The number of nitrogens with two attached hydrogens (primary N) is 1. The predicted molar refractivity (Wildman–Crippen MR) is 59.4 cm³/mol. The Balaban J connectivity index is 2.93. The minimum absolute atomic E-state index is 0.310. The maximum absolute atomic E-state index is 9.37. The van der Waals surface area contributed by atoms with Gasteiger partial charge in [0.1, 0.15) is 0 Å². The summed E-state index contributed by atoms with van der Waals surface area (Å²) in [6.07, 6.45) is -0.521. The molecule has 0 amide bonds. The molecule has 0 unspecified atom stereocenters. The smallest absolute Gasteiger partial charge is 0.0704 e.